The first-order valence-electron chi connectivity index (χ1n) is 7.51. The Kier molecular flexibility index (Phi) is 7.12. The third kappa shape index (κ3) is 4.69. The summed E-state index contributed by atoms with van der Waals surface area (Å²) in [6, 6.07) is 2.20. The highest BCUT2D eigenvalue weighted by Gasteiger charge is 2.19. The Balaban J connectivity index is 2.96. The Morgan fingerprint density at radius 3 is 1.95 bits per heavy atom. The summed E-state index contributed by atoms with van der Waals surface area (Å²) in [4.78, 5) is 14.1. The molecule has 21 heavy (non-hydrogen) atoms. The molecule has 118 valence electrons. The van der Waals surface area contributed by atoms with E-state index in [9.17, 15) is 13.6 Å². The summed E-state index contributed by atoms with van der Waals surface area (Å²) in [5.41, 5.74) is -0.142. The SMILES string of the molecule is CCCCN(CCCC)C(=O)c1cc(F)c(NC)c(F)c1. The minimum absolute atomic E-state index is 0.0659. The third-order valence-corrected chi connectivity index (χ3v) is 3.39. The van der Waals surface area contributed by atoms with Crippen molar-refractivity contribution >= 4 is 11.6 Å². The quantitative estimate of drug-likeness (QED) is 0.785. The van der Waals surface area contributed by atoms with Crippen molar-refractivity contribution in [1.29, 1.82) is 0 Å². The van der Waals surface area contributed by atoms with Gasteiger partial charge in [0.1, 0.15) is 17.3 Å². The van der Waals surface area contributed by atoms with Crippen LogP contribution in [-0.2, 0) is 0 Å². The van der Waals surface area contributed by atoms with Crippen molar-refractivity contribution in [3.05, 3.63) is 29.3 Å². The topological polar surface area (TPSA) is 32.3 Å². The number of unbranched alkanes of at least 4 members (excludes halogenated alkanes) is 2. The molecule has 0 bridgehead atoms. The summed E-state index contributed by atoms with van der Waals surface area (Å²) in [6.07, 6.45) is 3.71. The van der Waals surface area contributed by atoms with Gasteiger partial charge in [-0.2, -0.15) is 0 Å². The number of carbonyl (C=O) groups excluding carboxylic acids is 1. The van der Waals surface area contributed by atoms with Gasteiger partial charge in [-0.3, -0.25) is 4.79 Å². The van der Waals surface area contributed by atoms with Gasteiger partial charge in [0, 0.05) is 25.7 Å². The lowest BCUT2D eigenvalue weighted by Gasteiger charge is -2.22. The number of rotatable bonds is 8. The van der Waals surface area contributed by atoms with E-state index >= 15 is 0 Å². The van der Waals surface area contributed by atoms with Crippen molar-refractivity contribution in [2.45, 2.75) is 39.5 Å². The molecule has 1 aromatic carbocycles. The van der Waals surface area contributed by atoms with Crippen LogP contribution in [0.2, 0.25) is 0 Å². The van der Waals surface area contributed by atoms with Gasteiger partial charge in [0.25, 0.3) is 5.91 Å². The largest absolute Gasteiger partial charge is 0.383 e. The predicted molar refractivity (Wildman–Crippen MR) is 81.6 cm³/mol. The lowest BCUT2D eigenvalue weighted by atomic mass is 10.1. The van der Waals surface area contributed by atoms with E-state index in [2.05, 4.69) is 5.32 Å². The molecular formula is C16H24F2N2O. The third-order valence-electron chi connectivity index (χ3n) is 3.39. The zero-order valence-corrected chi connectivity index (χ0v) is 13.0. The predicted octanol–water partition coefficient (Wildman–Crippen LogP) is 4.05. The molecule has 0 spiro atoms. The van der Waals surface area contributed by atoms with Crippen LogP contribution in [-0.4, -0.2) is 30.9 Å². The zero-order chi connectivity index (χ0) is 15.8. The van der Waals surface area contributed by atoms with Gasteiger partial charge in [-0.1, -0.05) is 26.7 Å². The average molecular weight is 298 g/mol. The van der Waals surface area contributed by atoms with Crippen LogP contribution in [0.4, 0.5) is 14.5 Å². The monoisotopic (exact) mass is 298 g/mol. The molecule has 0 aromatic heterocycles. The molecule has 0 aliphatic rings. The van der Waals surface area contributed by atoms with E-state index < -0.39 is 11.6 Å². The van der Waals surface area contributed by atoms with E-state index in [1.165, 1.54) is 7.05 Å². The maximum Gasteiger partial charge on any atom is 0.254 e. The Labute approximate surface area is 125 Å². The fourth-order valence-electron chi connectivity index (χ4n) is 2.13. The first-order chi connectivity index (χ1) is 10.0. The molecule has 0 fully saturated rings. The van der Waals surface area contributed by atoms with Gasteiger partial charge >= 0.3 is 0 Å². The van der Waals surface area contributed by atoms with Crippen LogP contribution in [0.3, 0.4) is 0 Å². The second-order valence-corrected chi connectivity index (χ2v) is 5.06. The molecule has 0 aliphatic heterocycles. The fraction of sp³-hybridized carbons (Fsp3) is 0.562. The summed E-state index contributed by atoms with van der Waals surface area (Å²) in [5.74, 6) is -1.80. The van der Waals surface area contributed by atoms with Gasteiger partial charge in [0.05, 0.1) is 0 Å². The number of halogens is 2. The molecule has 5 heteroatoms. The molecule has 0 atom stereocenters. The number of hydrogen-bond acceptors (Lipinski definition) is 2. The molecule has 0 saturated heterocycles. The first-order valence-corrected chi connectivity index (χ1v) is 7.51. The van der Waals surface area contributed by atoms with Gasteiger partial charge in [-0.05, 0) is 25.0 Å². The van der Waals surface area contributed by atoms with Crippen LogP contribution in [0.25, 0.3) is 0 Å². The second-order valence-electron chi connectivity index (χ2n) is 5.06. The Bertz CT molecular complexity index is 446. The van der Waals surface area contributed by atoms with E-state index in [1.807, 2.05) is 13.8 Å². The van der Waals surface area contributed by atoms with Crippen LogP contribution < -0.4 is 5.32 Å². The Hall–Kier alpha value is -1.65. The number of carbonyl (C=O) groups is 1. The summed E-state index contributed by atoms with van der Waals surface area (Å²) in [6.45, 7) is 5.33. The van der Waals surface area contributed by atoms with Gasteiger partial charge < -0.3 is 10.2 Å². The number of anilines is 1. The average Bonchev–Trinajstić information content (AvgIpc) is 2.46. The number of amides is 1. The van der Waals surface area contributed by atoms with E-state index in [0.29, 0.717) is 13.1 Å². The molecule has 0 aliphatic carbocycles. The standard InChI is InChI=1S/C16H24F2N2O/c1-4-6-8-20(9-7-5-2)16(21)12-10-13(17)15(19-3)14(18)11-12/h10-11,19H,4-9H2,1-3H3. The van der Waals surface area contributed by atoms with Gasteiger partial charge in [-0.15, -0.1) is 0 Å². The van der Waals surface area contributed by atoms with Crippen LogP contribution in [0.5, 0.6) is 0 Å². The molecule has 0 heterocycles. The van der Waals surface area contributed by atoms with Crippen LogP contribution >= 0.6 is 0 Å². The minimum atomic E-state index is -0.744. The van der Waals surface area contributed by atoms with E-state index in [4.69, 9.17) is 0 Å². The highest BCUT2D eigenvalue weighted by molar-refractivity contribution is 5.94. The maximum absolute atomic E-state index is 13.8. The molecule has 1 rings (SSSR count). The molecule has 3 nitrogen and oxygen atoms in total. The number of hydrogen-bond donors (Lipinski definition) is 1. The zero-order valence-electron chi connectivity index (χ0n) is 13.0. The molecule has 0 saturated carbocycles. The van der Waals surface area contributed by atoms with Crippen molar-refractivity contribution in [3.63, 3.8) is 0 Å². The first kappa shape index (κ1) is 17.4. The Morgan fingerprint density at radius 1 is 1.10 bits per heavy atom. The van der Waals surface area contributed by atoms with Crippen molar-refractivity contribution < 1.29 is 13.6 Å². The summed E-state index contributed by atoms with van der Waals surface area (Å²) in [5, 5.41) is 2.45. The summed E-state index contributed by atoms with van der Waals surface area (Å²) >= 11 is 0. The van der Waals surface area contributed by atoms with Gasteiger partial charge in [-0.25, -0.2) is 8.78 Å². The normalized spacial score (nSPS) is 10.5. The highest BCUT2D eigenvalue weighted by atomic mass is 19.1. The smallest absolute Gasteiger partial charge is 0.254 e. The molecular weight excluding hydrogens is 274 g/mol. The van der Waals surface area contributed by atoms with Crippen molar-refractivity contribution in [3.8, 4) is 0 Å². The molecule has 1 N–H and O–H groups in total. The molecule has 0 unspecified atom stereocenters. The van der Waals surface area contributed by atoms with Crippen molar-refractivity contribution in [2.75, 3.05) is 25.5 Å². The van der Waals surface area contributed by atoms with Crippen LogP contribution in [0.15, 0.2) is 12.1 Å². The molecule has 1 amide bonds. The van der Waals surface area contributed by atoms with Gasteiger partial charge in [0.2, 0.25) is 0 Å². The van der Waals surface area contributed by atoms with E-state index in [1.54, 1.807) is 4.90 Å². The summed E-state index contributed by atoms with van der Waals surface area (Å²) in [7, 11) is 1.44. The highest BCUT2D eigenvalue weighted by Crippen LogP contribution is 2.21. The second kappa shape index (κ2) is 8.60. The van der Waals surface area contributed by atoms with Crippen LogP contribution in [0.1, 0.15) is 49.9 Å². The van der Waals surface area contributed by atoms with Gasteiger partial charge in [0.15, 0.2) is 0 Å². The maximum atomic E-state index is 13.8. The van der Waals surface area contributed by atoms with Crippen LogP contribution in [0, 0.1) is 11.6 Å². The fourth-order valence-corrected chi connectivity index (χ4v) is 2.13. The molecule has 1 aromatic rings. The molecule has 0 radical (unpaired) electrons. The van der Waals surface area contributed by atoms with Crippen molar-refractivity contribution in [2.24, 2.45) is 0 Å². The van der Waals surface area contributed by atoms with E-state index in [-0.39, 0.29) is 17.2 Å². The Morgan fingerprint density at radius 2 is 1.57 bits per heavy atom. The van der Waals surface area contributed by atoms with E-state index in [0.717, 1.165) is 37.8 Å². The lowest BCUT2D eigenvalue weighted by Crippen LogP contribution is -2.33. The number of nitrogens with one attached hydrogen (secondary N) is 1. The minimum Gasteiger partial charge on any atom is -0.383 e. The number of nitrogens with zero attached hydrogens (tertiary/aromatic N) is 1. The summed E-state index contributed by atoms with van der Waals surface area (Å²) < 4.78 is 27.5. The van der Waals surface area contributed by atoms with Crippen molar-refractivity contribution in [1.82, 2.24) is 4.90 Å². The lowest BCUT2D eigenvalue weighted by molar-refractivity contribution is 0.0750. The number of benzene rings is 1.